The summed E-state index contributed by atoms with van der Waals surface area (Å²) in [6.07, 6.45) is 0.0992. The number of methoxy groups -OCH3 is 2. The van der Waals surface area contributed by atoms with Crippen LogP contribution in [0.1, 0.15) is 16.1 Å². The van der Waals surface area contributed by atoms with E-state index in [0.717, 1.165) is 0 Å². The molecular formula is C28H32FN5O5S. The Morgan fingerprint density at radius 2 is 1.77 bits per heavy atom. The average molecular weight is 570 g/mol. The molecule has 0 atom stereocenters. The number of nitrogens with one attached hydrogen (secondary N) is 1. The van der Waals surface area contributed by atoms with Gasteiger partial charge in [-0.2, -0.15) is 0 Å². The first-order valence-electron chi connectivity index (χ1n) is 12.8. The summed E-state index contributed by atoms with van der Waals surface area (Å²) in [6, 6.07) is 13.3. The van der Waals surface area contributed by atoms with Gasteiger partial charge in [-0.05, 0) is 36.4 Å². The third kappa shape index (κ3) is 7.54. The van der Waals surface area contributed by atoms with Gasteiger partial charge in [-0.25, -0.2) is 9.37 Å². The summed E-state index contributed by atoms with van der Waals surface area (Å²) in [5.74, 6) is -0.441. The maximum atomic E-state index is 14.1. The van der Waals surface area contributed by atoms with Crippen molar-refractivity contribution in [2.75, 3.05) is 70.3 Å². The van der Waals surface area contributed by atoms with Gasteiger partial charge in [-0.1, -0.05) is 12.1 Å². The van der Waals surface area contributed by atoms with Crippen LogP contribution in [0.15, 0.2) is 53.9 Å². The van der Waals surface area contributed by atoms with Crippen LogP contribution in [0.3, 0.4) is 0 Å². The van der Waals surface area contributed by atoms with Gasteiger partial charge in [0.25, 0.3) is 5.91 Å². The molecule has 3 aromatic rings. The molecule has 2 heterocycles. The number of amides is 3. The van der Waals surface area contributed by atoms with Gasteiger partial charge in [0.1, 0.15) is 18.1 Å². The van der Waals surface area contributed by atoms with Crippen LogP contribution in [0.2, 0.25) is 0 Å². The van der Waals surface area contributed by atoms with E-state index < -0.39 is 5.91 Å². The fourth-order valence-corrected chi connectivity index (χ4v) is 5.05. The predicted octanol–water partition coefficient (Wildman–Crippen LogP) is 2.91. The Hall–Kier alpha value is -4.03. The van der Waals surface area contributed by atoms with E-state index in [4.69, 9.17) is 9.47 Å². The molecule has 1 saturated heterocycles. The van der Waals surface area contributed by atoms with Crippen LogP contribution in [-0.4, -0.2) is 92.6 Å². The van der Waals surface area contributed by atoms with Crippen LogP contribution in [0.5, 0.6) is 5.75 Å². The van der Waals surface area contributed by atoms with E-state index in [1.807, 2.05) is 4.90 Å². The van der Waals surface area contributed by atoms with Crippen molar-refractivity contribution in [1.82, 2.24) is 14.8 Å². The highest BCUT2D eigenvalue weighted by molar-refractivity contribution is 7.13. The normalized spacial score (nSPS) is 13.2. The number of benzene rings is 2. The minimum absolute atomic E-state index is 0.0767. The highest BCUT2D eigenvalue weighted by Crippen LogP contribution is 2.21. The zero-order valence-electron chi connectivity index (χ0n) is 22.5. The fraction of sp³-hybridized carbons (Fsp3) is 0.357. The minimum Gasteiger partial charge on any atom is -0.497 e. The summed E-state index contributed by atoms with van der Waals surface area (Å²) in [4.78, 5) is 48.1. The molecule has 0 radical (unpaired) electrons. The Balaban J connectivity index is 1.28. The largest absolute Gasteiger partial charge is 0.497 e. The molecule has 1 aromatic heterocycles. The van der Waals surface area contributed by atoms with Gasteiger partial charge < -0.3 is 29.5 Å². The lowest BCUT2D eigenvalue weighted by Gasteiger charge is -2.36. The van der Waals surface area contributed by atoms with E-state index in [9.17, 15) is 18.8 Å². The third-order valence-corrected chi connectivity index (χ3v) is 7.29. The van der Waals surface area contributed by atoms with Crippen LogP contribution in [0.4, 0.5) is 15.2 Å². The van der Waals surface area contributed by atoms with Gasteiger partial charge in [0.15, 0.2) is 5.13 Å². The number of ether oxygens (including phenoxy) is 2. The Labute approximate surface area is 236 Å². The van der Waals surface area contributed by atoms with Gasteiger partial charge in [-0.3, -0.25) is 14.4 Å². The molecule has 1 aliphatic heterocycles. The monoisotopic (exact) mass is 569 g/mol. The number of hydrogen-bond donors (Lipinski definition) is 1. The van der Waals surface area contributed by atoms with E-state index in [0.29, 0.717) is 54.0 Å². The number of halogens is 1. The number of aromatic nitrogens is 1. The Bertz CT molecular complexity index is 1310. The number of carbonyl (C=O) groups is 3. The van der Waals surface area contributed by atoms with Crippen LogP contribution in [-0.2, 0) is 20.7 Å². The van der Waals surface area contributed by atoms with Crippen LogP contribution >= 0.6 is 11.3 Å². The number of hydrogen-bond acceptors (Lipinski definition) is 8. The van der Waals surface area contributed by atoms with Gasteiger partial charge in [0, 0.05) is 50.8 Å². The zero-order chi connectivity index (χ0) is 28.5. The minimum atomic E-state index is -0.408. The predicted molar refractivity (Wildman–Crippen MR) is 150 cm³/mol. The number of anilines is 2. The van der Waals surface area contributed by atoms with Crippen molar-refractivity contribution in [3.63, 3.8) is 0 Å². The first-order valence-corrected chi connectivity index (χ1v) is 13.7. The second-order valence-corrected chi connectivity index (χ2v) is 9.99. The molecule has 1 aliphatic rings. The first-order chi connectivity index (χ1) is 19.4. The van der Waals surface area contributed by atoms with E-state index in [2.05, 4.69) is 10.3 Å². The van der Waals surface area contributed by atoms with Crippen molar-refractivity contribution in [3.05, 3.63) is 71.0 Å². The first kappa shape index (κ1) is 29.0. The standard InChI is InChI=1S/C28H32FN5O5S/c1-38-16-15-34(27(37)20-7-9-22(39-2)10-8-20)18-25(35)31-28-30-21(19-40-28)17-26(36)33-13-11-32(12-14-33)24-6-4-3-5-23(24)29/h3-10,19H,11-18H2,1-2H3,(H,30,31,35). The van der Waals surface area contributed by atoms with Gasteiger partial charge in [-0.15, -0.1) is 11.3 Å². The van der Waals surface area contributed by atoms with Gasteiger partial charge >= 0.3 is 0 Å². The molecule has 0 spiro atoms. The van der Waals surface area contributed by atoms with E-state index >= 15 is 0 Å². The molecular weight excluding hydrogens is 537 g/mol. The highest BCUT2D eigenvalue weighted by atomic mass is 32.1. The molecule has 12 heteroatoms. The summed E-state index contributed by atoms with van der Waals surface area (Å²) in [6.45, 7) is 2.37. The maximum Gasteiger partial charge on any atom is 0.254 e. The number of nitrogens with zero attached hydrogens (tertiary/aromatic N) is 4. The summed E-state index contributed by atoms with van der Waals surface area (Å²) in [5.41, 5.74) is 1.52. The number of piperazine rings is 1. The SMILES string of the molecule is COCCN(CC(=O)Nc1nc(CC(=O)N2CCN(c3ccccc3F)CC2)cs1)C(=O)c1ccc(OC)cc1. The molecule has 212 valence electrons. The Kier molecular flexibility index (Phi) is 10.0. The maximum absolute atomic E-state index is 14.1. The van der Waals surface area contributed by atoms with Crippen molar-refractivity contribution in [1.29, 1.82) is 0 Å². The molecule has 1 N–H and O–H groups in total. The molecule has 0 bridgehead atoms. The smallest absolute Gasteiger partial charge is 0.254 e. The molecule has 3 amide bonds. The van der Waals surface area contributed by atoms with Crippen LogP contribution in [0.25, 0.3) is 0 Å². The van der Waals surface area contributed by atoms with Gasteiger partial charge in [0.2, 0.25) is 11.8 Å². The Morgan fingerprint density at radius 1 is 1.05 bits per heavy atom. The third-order valence-electron chi connectivity index (χ3n) is 6.48. The average Bonchev–Trinajstić information content (AvgIpc) is 3.41. The van der Waals surface area contributed by atoms with Crippen molar-refractivity contribution in [3.8, 4) is 5.75 Å². The topological polar surface area (TPSA) is 104 Å². The van der Waals surface area contributed by atoms with Crippen molar-refractivity contribution >= 4 is 39.9 Å². The fourth-order valence-electron chi connectivity index (χ4n) is 4.32. The lowest BCUT2D eigenvalue weighted by atomic mass is 10.2. The molecule has 10 nitrogen and oxygen atoms in total. The molecule has 4 rings (SSSR count). The quantitative estimate of drug-likeness (QED) is 0.379. The number of rotatable bonds is 11. The molecule has 0 aliphatic carbocycles. The lowest BCUT2D eigenvalue weighted by molar-refractivity contribution is -0.130. The summed E-state index contributed by atoms with van der Waals surface area (Å²) in [5, 5.41) is 4.80. The molecule has 1 fully saturated rings. The second kappa shape index (κ2) is 13.9. The van der Waals surface area contributed by atoms with E-state index in [1.54, 1.807) is 59.9 Å². The van der Waals surface area contributed by atoms with E-state index in [-0.39, 0.29) is 43.7 Å². The van der Waals surface area contributed by atoms with Crippen LogP contribution in [0, 0.1) is 5.82 Å². The number of para-hydroxylation sites is 1. The number of carbonyl (C=O) groups excluding carboxylic acids is 3. The lowest BCUT2D eigenvalue weighted by Crippen LogP contribution is -2.49. The molecule has 40 heavy (non-hydrogen) atoms. The molecule has 2 aromatic carbocycles. The van der Waals surface area contributed by atoms with Crippen molar-refractivity contribution < 1.29 is 28.2 Å². The van der Waals surface area contributed by atoms with Crippen molar-refractivity contribution in [2.45, 2.75) is 6.42 Å². The van der Waals surface area contributed by atoms with Crippen molar-refractivity contribution in [2.24, 2.45) is 0 Å². The molecule has 0 unspecified atom stereocenters. The highest BCUT2D eigenvalue weighted by Gasteiger charge is 2.24. The van der Waals surface area contributed by atoms with E-state index in [1.165, 1.54) is 29.4 Å². The summed E-state index contributed by atoms with van der Waals surface area (Å²) < 4.78 is 24.3. The zero-order valence-corrected chi connectivity index (χ0v) is 23.3. The summed E-state index contributed by atoms with van der Waals surface area (Å²) in [7, 11) is 3.07. The Morgan fingerprint density at radius 3 is 2.45 bits per heavy atom. The second-order valence-electron chi connectivity index (χ2n) is 9.14. The van der Waals surface area contributed by atoms with Crippen LogP contribution < -0.4 is 15.0 Å². The van der Waals surface area contributed by atoms with Gasteiger partial charge in [0.05, 0.1) is 31.5 Å². The molecule has 0 saturated carbocycles. The summed E-state index contributed by atoms with van der Waals surface area (Å²) >= 11 is 1.21. The number of thiazole rings is 1.